The zero-order valence-corrected chi connectivity index (χ0v) is 20.6. The van der Waals surface area contributed by atoms with Gasteiger partial charge < -0.3 is 20.3 Å². The molecule has 1 fully saturated rings. The molecule has 2 N–H and O–H groups in total. The summed E-state index contributed by atoms with van der Waals surface area (Å²) in [6.07, 6.45) is -3.27. The van der Waals surface area contributed by atoms with Crippen molar-refractivity contribution in [3.05, 3.63) is 65.2 Å². The minimum Gasteiger partial charge on any atom is -0.369 e. The summed E-state index contributed by atoms with van der Waals surface area (Å²) in [5.41, 5.74) is 4.20. The van der Waals surface area contributed by atoms with Gasteiger partial charge in [-0.05, 0) is 36.6 Å². The third-order valence-electron chi connectivity index (χ3n) is 5.17. The normalized spacial score (nSPS) is 16.6. The lowest BCUT2D eigenvalue weighted by Gasteiger charge is -2.20. The molecule has 176 valence electrons. The number of aliphatic imine (C=N–C) groups is 1. The maximum atomic E-state index is 12.1. The van der Waals surface area contributed by atoms with Crippen molar-refractivity contribution in [2.24, 2.45) is 4.99 Å². The zero-order valence-electron chi connectivity index (χ0n) is 18.3. The molecular formula is C23H30F3IN4O. The molecule has 1 aliphatic heterocycles. The van der Waals surface area contributed by atoms with Gasteiger partial charge in [0.2, 0.25) is 0 Å². The average molecular weight is 562 g/mol. The molecule has 1 aliphatic rings. The Balaban J connectivity index is 0.00000363. The van der Waals surface area contributed by atoms with E-state index in [1.807, 2.05) is 12.1 Å². The molecule has 1 heterocycles. The smallest absolute Gasteiger partial charge is 0.369 e. The standard InChI is InChI=1S/C23H29F3N4O.HI/c1-17-3-9-21(10-4-17)30-12-11-20(14-30)29-22(27-2)28-13-18-5-7-19(8-6-18)15-31-16-23(24,25)26;/h3-10,20H,11-16H2,1-2H3,(H2,27,28,29);1H. The lowest BCUT2D eigenvalue weighted by molar-refractivity contribution is -0.176. The Morgan fingerprint density at radius 3 is 2.38 bits per heavy atom. The summed E-state index contributed by atoms with van der Waals surface area (Å²) in [5.74, 6) is 0.730. The van der Waals surface area contributed by atoms with E-state index < -0.39 is 12.8 Å². The largest absolute Gasteiger partial charge is 0.411 e. The van der Waals surface area contributed by atoms with Crippen molar-refractivity contribution in [1.29, 1.82) is 0 Å². The quantitative estimate of drug-likeness (QED) is 0.294. The molecule has 0 spiro atoms. The molecule has 0 saturated carbocycles. The van der Waals surface area contributed by atoms with E-state index in [0.29, 0.717) is 18.2 Å². The summed E-state index contributed by atoms with van der Waals surface area (Å²) in [5, 5.41) is 6.77. The second-order valence-corrected chi connectivity index (χ2v) is 7.76. The number of guanidine groups is 1. The summed E-state index contributed by atoms with van der Waals surface area (Å²) < 4.78 is 41.1. The summed E-state index contributed by atoms with van der Waals surface area (Å²) in [6, 6.07) is 16.2. The van der Waals surface area contributed by atoms with Gasteiger partial charge >= 0.3 is 6.18 Å². The molecule has 1 saturated heterocycles. The topological polar surface area (TPSA) is 48.9 Å². The van der Waals surface area contributed by atoms with Crippen molar-refractivity contribution < 1.29 is 17.9 Å². The van der Waals surface area contributed by atoms with Crippen LogP contribution < -0.4 is 15.5 Å². The van der Waals surface area contributed by atoms with Gasteiger partial charge in [-0.15, -0.1) is 24.0 Å². The predicted octanol–water partition coefficient (Wildman–Crippen LogP) is 4.64. The van der Waals surface area contributed by atoms with E-state index in [0.717, 1.165) is 31.0 Å². The highest BCUT2D eigenvalue weighted by atomic mass is 127. The molecule has 1 unspecified atom stereocenters. The Labute approximate surface area is 204 Å². The summed E-state index contributed by atoms with van der Waals surface area (Å²) in [4.78, 5) is 6.67. The van der Waals surface area contributed by atoms with Crippen LogP contribution in [0.15, 0.2) is 53.5 Å². The van der Waals surface area contributed by atoms with Crippen molar-refractivity contribution in [2.45, 2.75) is 38.7 Å². The van der Waals surface area contributed by atoms with Crippen LogP contribution in [0.4, 0.5) is 18.9 Å². The van der Waals surface area contributed by atoms with Gasteiger partial charge in [-0.1, -0.05) is 42.0 Å². The maximum Gasteiger partial charge on any atom is 0.411 e. The van der Waals surface area contributed by atoms with Crippen molar-refractivity contribution in [3.8, 4) is 0 Å². The lowest BCUT2D eigenvalue weighted by Crippen LogP contribution is -2.44. The highest BCUT2D eigenvalue weighted by Gasteiger charge is 2.27. The number of nitrogens with one attached hydrogen (secondary N) is 2. The molecule has 0 aromatic heterocycles. The number of hydrogen-bond donors (Lipinski definition) is 2. The molecule has 2 aromatic carbocycles. The van der Waals surface area contributed by atoms with Gasteiger partial charge in [0.15, 0.2) is 5.96 Å². The molecule has 32 heavy (non-hydrogen) atoms. The Morgan fingerprint density at radius 1 is 1.09 bits per heavy atom. The number of anilines is 1. The van der Waals surface area contributed by atoms with Crippen molar-refractivity contribution in [3.63, 3.8) is 0 Å². The van der Waals surface area contributed by atoms with Crippen LogP contribution in [0.25, 0.3) is 0 Å². The molecule has 0 bridgehead atoms. The first-order valence-corrected chi connectivity index (χ1v) is 10.3. The first-order chi connectivity index (χ1) is 14.8. The molecule has 0 radical (unpaired) electrons. The molecule has 3 rings (SSSR count). The number of benzene rings is 2. The predicted molar refractivity (Wildman–Crippen MR) is 133 cm³/mol. The summed E-state index contributed by atoms with van der Waals surface area (Å²) in [6.45, 7) is 3.27. The van der Waals surface area contributed by atoms with Gasteiger partial charge in [0, 0.05) is 38.4 Å². The van der Waals surface area contributed by atoms with E-state index in [1.165, 1.54) is 11.3 Å². The Hall–Kier alpha value is -2.01. The Kier molecular flexibility index (Phi) is 10.1. The number of alkyl halides is 3. The highest BCUT2D eigenvalue weighted by molar-refractivity contribution is 14.0. The fourth-order valence-electron chi connectivity index (χ4n) is 3.48. The van der Waals surface area contributed by atoms with Crippen LogP contribution in [0.5, 0.6) is 0 Å². The molecule has 0 aliphatic carbocycles. The van der Waals surface area contributed by atoms with Crippen LogP contribution in [-0.4, -0.2) is 44.9 Å². The molecule has 1 atom stereocenters. The minimum atomic E-state index is -4.30. The van der Waals surface area contributed by atoms with Gasteiger partial charge in [-0.3, -0.25) is 4.99 Å². The number of nitrogens with zero attached hydrogens (tertiary/aromatic N) is 2. The van der Waals surface area contributed by atoms with Crippen molar-refractivity contribution in [2.75, 3.05) is 31.6 Å². The van der Waals surface area contributed by atoms with E-state index in [9.17, 15) is 13.2 Å². The van der Waals surface area contributed by atoms with Gasteiger partial charge in [-0.25, -0.2) is 0 Å². The van der Waals surface area contributed by atoms with Gasteiger partial charge in [0.1, 0.15) is 6.61 Å². The van der Waals surface area contributed by atoms with Gasteiger partial charge in [-0.2, -0.15) is 13.2 Å². The number of aryl methyl sites for hydroxylation is 1. The van der Waals surface area contributed by atoms with Crippen LogP contribution in [0, 0.1) is 6.92 Å². The second kappa shape index (κ2) is 12.3. The van der Waals surface area contributed by atoms with E-state index in [4.69, 9.17) is 0 Å². The van der Waals surface area contributed by atoms with Crippen LogP contribution in [0.2, 0.25) is 0 Å². The Morgan fingerprint density at radius 2 is 1.75 bits per heavy atom. The van der Waals surface area contributed by atoms with Crippen molar-refractivity contribution in [1.82, 2.24) is 10.6 Å². The van der Waals surface area contributed by atoms with Crippen LogP contribution >= 0.6 is 24.0 Å². The fraction of sp³-hybridized carbons (Fsp3) is 0.435. The lowest BCUT2D eigenvalue weighted by atomic mass is 10.1. The molecule has 0 amide bonds. The van der Waals surface area contributed by atoms with Crippen molar-refractivity contribution >= 4 is 35.6 Å². The van der Waals surface area contributed by atoms with Gasteiger partial charge in [0.05, 0.1) is 6.61 Å². The number of ether oxygens (including phenoxy) is 1. The highest BCUT2D eigenvalue weighted by Crippen LogP contribution is 2.21. The van der Waals surface area contributed by atoms with Gasteiger partial charge in [0.25, 0.3) is 0 Å². The van der Waals surface area contributed by atoms with E-state index >= 15 is 0 Å². The summed E-state index contributed by atoms with van der Waals surface area (Å²) in [7, 11) is 1.74. The number of hydrogen-bond acceptors (Lipinski definition) is 3. The Bertz CT molecular complexity index is 857. The van der Waals surface area contributed by atoms with Crippen LogP contribution in [0.3, 0.4) is 0 Å². The first-order valence-electron chi connectivity index (χ1n) is 10.3. The van der Waals surface area contributed by atoms with Crippen LogP contribution in [-0.2, 0) is 17.9 Å². The molecule has 2 aromatic rings. The summed E-state index contributed by atoms with van der Waals surface area (Å²) >= 11 is 0. The van der Waals surface area contributed by atoms with E-state index in [-0.39, 0.29) is 30.6 Å². The van der Waals surface area contributed by atoms with E-state index in [1.54, 1.807) is 19.2 Å². The minimum absolute atomic E-state index is 0. The third kappa shape index (κ3) is 8.50. The fourth-order valence-corrected chi connectivity index (χ4v) is 3.48. The third-order valence-corrected chi connectivity index (χ3v) is 5.17. The monoisotopic (exact) mass is 562 g/mol. The molecule has 5 nitrogen and oxygen atoms in total. The van der Waals surface area contributed by atoms with Crippen LogP contribution in [0.1, 0.15) is 23.1 Å². The van der Waals surface area contributed by atoms with E-state index in [2.05, 4.69) is 56.5 Å². The average Bonchev–Trinajstić information content (AvgIpc) is 3.20. The zero-order chi connectivity index (χ0) is 22.3. The maximum absolute atomic E-state index is 12.1. The second-order valence-electron chi connectivity index (χ2n) is 7.76. The number of halogens is 4. The molecular weight excluding hydrogens is 532 g/mol. The number of rotatable bonds is 7. The SMILES string of the molecule is CN=C(NCc1ccc(COCC(F)(F)F)cc1)NC1CCN(c2ccc(C)cc2)C1.I. The molecule has 9 heteroatoms. The first kappa shape index (κ1) is 26.2.